The molecule has 0 fully saturated rings. The first kappa shape index (κ1) is 19.3. The molecule has 1 aromatic heterocycles. The highest BCUT2D eigenvalue weighted by atomic mass is 16.5. The van der Waals surface area contributed by atoms with E-state index in [1.807, 2.05) is 66.9 Å². The van der Waals surface area contributed by atoms with Crippen LogP contribution in [-0.2, 0) is 11.2 Å². The first-order chi connectivity index (χ1) is 14.7. The molecule has 0 aliphatic heterocycles. The van der Waals surface area contributed by atoms with Gasteiger partial charge in [-0.15, -0.1) is 0 Å². The molecule has 0 radical (unpaired) electrons. The van der Waals surface area contributed by atoms with Gasteiger partial charge >= 0.3 is 0 Å². The molecule has 1 amide bonds. The fourth-order valence-electron chi connectivity index (χ4n) is 3.65. The van der Waals surface area contributed by atoms with Crippen LogP contribution in [0.4, 0.5) is 0 Å². The van der Waals surface area contributed by atoms with Crippen molar-refractivity contribution in [2.24, 2.45) is 0 Å². The fraction of sp³-hybridized carbons (Fsp3) is 0.120. The number of ether oxygens (including phenoxy) is 1. The van der Waals surface area contributed by atoms with Gasteiger partial charge in [0, 0.05) is 29.0 Å². The standard InChI is InChI=1S/C25H21N3O2/c1-30-24-11-10-17(20-6-2-3-8-22(20)24)14-19(15-26)25(29)27-13-12-18-16-28-23-9-5-4-7-21(18)23/h2-11,14,16,28H,12-13H2,1H3,(H,27,29)/b19-14-. The number of nitrogens with one attached hydrogen (secondary N) is 2. The number of carbonyl (C=O) groups excluding carboxylic acids is 1. The van der Waals surface area contributed by atoms with Crippen LogP contribution in [0.25, 0.3) is 27.8 Å². The number of carbonyl (C=O) groups is 1. The Hall–Kier alpha value is -4.04. The Balaban J connectivity index is 1.51. The summed E-state index contributed by atoms with van der Waals surface area (Å²) in [6, 6.07) is 21.5. The van der Waals surface area contributed by atoms with Gasteiger partial charge in [0.05, 0.1) is 7.11 Å². The molecule has 0 bridgehead atoms. The zero-order valence-electron chi connectivity index (χ0n) is 16.6. The van der Waals surface area contributed by atoms with E-state index in [2.05, 4.69) is 16.4 Å². The first-order valence-electron chi connectivity index (χ1n) is 9.72. The topological polar surface area (TPSA) is 77.9 Å². The van der Waals surface area contributed by atoms with E-state index < -0.39 is 0 Å². The number of hydrogen-bond acceptors (Lipinski definition) is 3. The summed E-state index contributed by atoms with van der Waals surface area (Å²) in [7, 11) is 1.62. The van der Waals surface area contributed by atoms with Crippen molar-refractivity contribution in [2.45, 2.75) is 6.42 Å². The highest BCUT2D eigenvalue weighted by Crippen LogP contribution is 2.29. The second-order valence-corrected chi connectivity index (χ2v) is 6.94. The molecule has 0 saturated heterocycles. The summed E-state index contributed by atoms with van der Waals surface area (Å²) in [5, 5.41) is 15.4. The van der Waals surface area contributed by atoms with Crippen molar-refractivity contribution in [1.82, 2.24) is 10.3 Å². The largest absolute Gasteiger partial charge is 0.496 e. The average Bonchev–Trinajstić information content (AvgIpc) is 3.20. The van der Waals surface area contributed by atoms with Crippen LogP contribution in [-0.4, -0.2) is 24.5 Å². The molecule has 0 aliphatic rings. The zero-order valence-corrected chi connectivity index (χ0v) is 16.6. The zero-order chi connectivity index (χ0) is 20.9. The number of nitrogens with zero attached hydrogens (tertiary/aromatic N) is 1. The molecular weight excluding hydrogens is 374 g/mol. The molecule has 148 valence electrons. The number of amides is 1. The van der Waals surface area contributed by atoms with Gasteiger partial charge in [-0.1, -0.05) is 48.5 Å². The number of benzene rings is 3. The Kier molecular flexibility index (Phi) is 5.49. The van der Waals surface area contributed by atoms with E-state index in [4.69, 9.17) is 4.74 Å². The van der Waals surface area contributed by atoms with Gasteiger partial charge < -0.3 is 15.0 Å². The van der Waals surface area contributed by atoms with Gasteiger partial charge in [0.1, 0.15) is 17.4 Å². The Morgan fingerprint density at radius 1 is 1.07 bits per heavy atom. The highest BCUT2D eigenvalue weighted by molar-refractivity contribution is 6.04. The predicted molar refractivity (Wildman–Crippen MR) is 119 cm³/mol. The minimum Gasteiger partial charge on any atom is -0.496 e. The van der Waals surface area contributed by atoms with Crippen molar-refractivity contribution in [1.29, 1.82) is 5.26 Å². The van der Waals surface area contributed by atoms with E-state index in [1.54, 1.807) is 13.2 Å². The van der Waals surface area contributed by atoms with Crippen LogP contribution >= 0.6 is 0 Å². The van der Waals surface area contributed by atoms with Gasteiger partial charge in [-0.3, -0.25) is 4.79 Å². The van der Waals surface area contributed by atoms with Crippen LogP contribution in [0, 0.1) is 11.3 Å². The van der Waals surface area contributed by atoms with Crippen molar-refractivity contribution in [3.8, 4) is 11.8 Å². The van der Waals surface area contributed by atoms with Crippen LogP contribution in [0.3, 0.4) is 0 Å². The molecule has 4 rings (SSSR count). The molecule has 0 atom stereocenters. The van der Waals surface area contributed by atoms with Gasteiger partial charge in [-0.25, -0.2) is 0 Å². The number of fused-ring (bicyclic) bond motifs is 2. The summed E-state index contributed by atoms with van der Waals surface area (Å²) < 4.78 is 5.41. The lowest BCUT2D eigenvalue weighted by atomic mass is 10.0. The van der Waals surface area contributed by atoms with E-state index in [0.29, 0.717) is 13.0 Å². The monoisotopic (exact) mass is 395 g/mol. The van der Waals surface area contributed by atoms with Crippen molar-refractivity contribution in [2.75, 3.05) is 13.7 Å². The lowest BCUT2D eigenvalue weighted by molar-refractivity contribution is -0.117. The number of aromatic amines is 1. The maximum absolute atomic E-state index is 12.6. The Bertz CT molecular complexity index is 1290. The third kappa shape index (κ3) is 3.76. The minimum atomic E-state index is -0.378. The quantitative estimate of drug-likeness (QED) is 0.370. The molecule has 0 aliphatic carbocycles. The number of H-pyrrole nitrogens is 1. The lowest BCUT2D eigenvalue weighted by Gasteiger charge is -2.09. The molecule has 0 spiro atoms. The fourth-order valence-corrected chi connectivity index (χ4v) is 3.65. The van der Waals surface area contributed by atoms with Crippen LogP contribution in [0.5, 0.6) is 5.75 Å². The number of methoxy groups -OCH3 is 1. The molecule has 5 heteroatoms. The predicted octanol–water partition coefficient (Wildman–Crippen LogP) is 4.60. The highest BCUT2D eigenvalue weighted by Gasteiger charge is 2.11. The summed E-state index contributed by atoms with van der Waals surface area (Å²) in [5.41, 5.74) is 3.08. The number of nitriles is 1. The van der Waals surface area contributed by atoms with Gasteiger partial charge in [0.2, 0.25) is 0 Å². The van der Waals surface area contributed by atoms with Crippen molar-refractivity contribution in [3.05, 3.63) is 83.6 Å². The summed E-state index contributed by atoms with van der Waals surface area (Å²) in [6.45, 7) is 0.447. The van der Waals surface area contributed by atoms with Gasteiger partial charge in [-0.05, 0) is 41.1 Å². The summed E-state index contributed by atoms with van der Waals surface area (Å²) in [5.74, 6) is 0.377. The van der Waals surface area contributed by atoms with E-state index in [1.165, 1.54) is 0 Å². The second-order valence-electron chi connectivity index (χ2n) is 6.94. The van der Waals surface area contributed by atoms with E-state index in [9.17, 15) is 10.1 Å². The summed E-state index contributed by atoms with van der Waals surface area (Å²) >= 11 is 0. The third-order valence-corrected chi connectivity index (χ3v) is 5.16. The number of rotatable bonds is 6. The molecule has 30 heavy (non-hydrogen) atoms. The minimum absolute atomic E-state index is 0.0734. The number of aromatic nitrogens is 1. The smallest absolute Gasteiger partial charge is 0.261 e. The third-order valence-electron chi connectivity index (χ3n) is 5.16. The lowest BCUT2D eigenvalue weighted by Crippen LogP contribution is -2.26. The summed E-state index contributed by atoms with van der Waals surface area (Å²) in [4.78, 5) is 15.8. The van der Waals surface area contributed by atoms with Crippen LogP contribution in [0.1, 0.15) is 11.1 Å². The molecule has 0 unspecified atom stereocenters. The molecule has 4 aromatic rings. The first-order valence-corrected chi connectivity index (χ1v) is 9.72. The second kappa shape index (κ2) is 8.54. The Morgan fingerprint density at radius 2 is 1.80 bits per heavy atom. The SMILES string of the molecule is COc1ccc(/C=C(/C#N)C(=O)NCCc2c[nH]c3ccccc23)c2ccccc12. The van der Waals surface area contributed by atoms with Gasteiger partial charge in [0.25, 0.3) is 5.91 Å². The van der Waals surface area contributed by atoms with E-state index in [0.717, 1.165) is 38.6 Å². The maximum atomic E-state index is 12.6. The Morgan fingerprint density at radius 3 is 2.57 bits per heavy atom. The molecule has 5 nitrogen and oxygen atoms in total. The summed E-state index contributed by atoms with van der Waals surface area (Å²) in [6.07, 6.45) is 4.27. The van der Waals surface area contributed by atoms with Gasteiger partial charge in [-0.2, -0.15) is 5.26 Å². The molecule has 3 aromatic carbocycles. The normalized spacial score (nSPS) is 11.4. The molecule has 1 heterocycles. The van der Waals surface area contributed by atoms with Crippen molar-refractivity contribution < 1.29 is 9.53 Å². The Labute approximate surface area is 174 Å². The molecule has 2 N–H and O–H groups in total. The van der Waals surface area contributed by atoms with Crippen molar-refractivity contribution >= 4 is 33.7 Å². The van der Waals surface area contributed by atoms with Crippen molar-refractivity contribution in [3.63, 3.8) is 0 Å². The molecular formula is C25H21N3O2. The van der Waals surface area contributed by atoms with Crippen LogP contribution in [0.2, 0.25) is 0 Å². The van der Waals surface area contributed by atoms with Crippen LogP contribution in [0.15, 0.2) is 72.4 Å². The molecule has 0 saturated carbocycles. The number of hydrogen-bond donors (Lipinski definition) is 2. The average molecular weight is 395 g/mol. The van der Waals surface area contributed by atoms with E-state index in [-0.39, 0.29) is 11.5 Å². The maximum Gasteiger partial charge on any atom is 0.261 e. The van der Waals surface area contributed by atoms with Gasteiger partial charge in [0.15, 0.2) is 0 Å². The number of para-hydroxylation sites is 1. The van der Waals surface area contributed by atoms with Crippen LogP contribution < -0.4 is 10.1 Å². The van der Waals surface area contributed by atoms with E-state index >= 15 is 0 Å².